The maximum Gasteiger partial charge on any atom is 0.0861 e. The lowest BCUT2D eigenvalue weighted by molar-refractivity contribution is 1.50. The summed E-state index contributed by atoms with van der Waals surface area (Å²) in [5, 5.41) is 10.6. The summed E-state index contributed by atoms with van der Waals surface area (Å²) in [5.41, 5.74) is 3.12. The molecule has 0 bridgehead atoms. The molecule has 0 spiro atoms. The van der Waals surface area contributed by atoms with Gasteiger partial charge in [0.15, 0.2) is 0 Å². The summed E-state index contributed by atoms with van der Waals surface area (Å²) in [6.45, 7) is 3.71. The zero-order valence-corrected chi connectivity index (χ0v) is 6.02. The molecule has 0 fully saturated rings. The molecular weight excluding hydrogens is 136 g/mol. The number of nitrogens with one attached hydrogen (secondary N) is 2. The minimum absolute atomic E-state index is 0.501. The highest BCUT2D eigenvalue weighted by atomic mass is 14.9. The van der Waals surface area contributed by atoms with E-state index < -0.39 is 0 Å². The molecule has 2 heteroatoms. The lowest BCUT2D eigenvalue weighted by Crippen LogP contribution is -1.96. The Kier molecular flexibility index (Phi) is 1.09. The lowest BCUT2D eigenvalue weighted by atomic mass is 10.1. The first kappa shape index (κ1) is 6.16. The second-order valence-corrected chi connectivity index (χ2v) is 2.52. The highest BCUT2D eigenvalue weighted by Crippen LogP contribution is 2.25. The molecule has 1 aliphatic heterocycles. The fourth-order valence-electron chi connectivity index (χ4n) is 1.20. The summed E-state index contributed by atoms with van der Waals surface area (Å²) in [6.07, 6.45) is 0. The first-order valence-corrected chi connectivity index (χ1v) is 3.43. The third-order valence-corrected chi connectivity index (χ3v) is 1.78. The van der Waals surface area contributed by atoms with Crippen LogP contribution in [0.1, 0.15) is 5.56 Å². The zero-order valence-electron chi connectivity index (χ0n) is 6.02. The monoisotopic (exact) mass is 144 g/mol. The Balaban J connectivity index is 2.64. The maximum absolute atomic E-state index is 7.57. The molecule has 0 aromatic heterocycles. The highest BCUT2D eigenvalue weighted by Gasteiger charge is 2.17. The number of benzene rings is 1. The summed E-state index contributed by atoms with van der Waals surface area (Å²) in [4.78, 5) is 0. The Morgan fingerprint density at radius 2 is 2.00 bits per heavy atom. The van der Waals surface area contributed by atoms with Gasteiger partial charge in [-0.15, -0.1) is 0 Å². The number of fused-ring (bicyclic) bond motifs is 1. The molecule has 2 N–H and O–H groups in total. The first-order chi connectivity index (χ1) is 5.29. The Morgan fingerprint density at radius 3 is 2.73 bits per heavy atom. The van der Waals surface area contributed by atoms with Crippen LogP contribution in [0.3, 0.4) is 0 Å². The molecule has 0 aliphatic carbocycles. The van der Waals surface area contributed by atoms with Crippen molar-refractivity contribution in [2.75, 3.05) is 5.32 Å². The summed E-state index contributed by atoms with van der Waals surface area (Å²) < 4.78 is 0. The fraction of sp³-hybridized carbons (Fsp3) is 0. The van der Waals surface area contributed by atoms with E-state index in [1.807, 2.05) is 24.3 Å². The Bertz CT molecular complexity index is 339. The SMILES string of the molecule is C=C1Nc2ccccc2C1=N. The summed E-state index contributed by atoms with van der Waals surface area (Å²) >= 11 is 0. The molecule has 0 saturated heterocycles. The molecule has 0 atom stereocenters. The smallest absolute Gasteiger partial charge is 0.0861 e. The van der Waals surface area contributed by atoms with Crippen molar-refractivity contribution in [3.05, 3.63) is 42.1 Å². The molecule has 1 aliphatic rings. The van der Waals surface area contributed by atoms with Crippen molar-refractivity contribution < 1.29 is 0 Å². The van der Waals surface area contributed by atoms with Crippen molar-refractivity contribution in [2.24, 2.45) is 0 Å². The summed E-state index contributed by atoms with van der Waals surface area (Å²) in [6, 6.07) is 7.73. The predicted molar refractivity (Wildman–Crippen MR) is 46.0 cm³/mol. The first-order valence-electron chi connectivity index (χ1n) is 3.43. The average Bonchev–Trinajstić information content (AvgIpc) is 2.30. The molecule has 1 aromatic rings. The summed E-state index contributed by atoms with van der Waals surface area (Å²) in [5.74, 6) is 0. The molecule has 54 valence electrons. The van der Waals surface area contributed by atoms with Crippen molar-refractivity contribution in [3.8, 4) is 0 Å². The quantitative estimate of drug-likeness (QED) is 0.574. The van der Waals surface area contributed by atoms with Crippen molar-refractivity contribution in [3.63, 3.8) is 0 Å². The third kappa shape index (κ3) is 0.759. The average molecular weight is 144 g/mol. The van der Waals surface area contributed by atoms with E-state index in [0.717, 1.165) is 11.3 Å². The van der Waals surface area contributed by atoms with Gasteiger partial charge in [0.2, 0.25) is 0 Å². The number of para-hydroxylation sites is 1. The van der Waals surface area contributed by atoms with Gasteiger partial charge in [0.25, 0.3) is 0 Å². The van der Waals surface area contributed by atoms with Gasteiger partial charge >= 0.3 is 0 Å². The topological polar surface area (TPSA) is 35.9 Å². The van der Waals surface area contributed by atoms with Crippen LogP contribution in [0.25, 0.3) is 0 Å². The molecule has 0 amide bonds. The van der Waals surface area contributed by atoms with Crippen molar-refractivity contribution in [2.45, 2.75) is 0 Å². The number of hydrogen-bond donors (Lipinski definition) is 2. The number of hydrogen-bond acceptors (Lipinski definition) is 2. The van der Waals surface area contributed by atoms with Crippen molar-refractivity contribution in [1.29, 1.82) is 5.41 Å². The standard InChI is InChI=1S/C9H8N2/c1-6-9(10)7-4-2-3-5-8(7)11-6/h2-5,10-11H,1H2. The van der Waals surface area contributed by atoms with Gasteiger partial charge in [0.05, 0.1) is 11.4 Å². The predicted octanol–water partition coefficient (Wildman–Crippen LogP) is 1.99. The Hall–Kier alpha value is -1.57. The van der Waals surface area contributed by atoms with Crippen LogP contribution < -0.4 is 5.32 Å². The van der Waals surface area contributed by atoms with Crippen LogP contribution in [0.15, 0.2) is 36.5 Å². The molecule has 1 heterocycles. The molecular formula is C9H8N2. The van der Waals surface area contributed by atoms with Crippen LogP contribution in [0, 0.1) is 5.41 Å². The second-order valence-electron chi connectivity index (χ2n) is 2.52. The molecule has 0 unspecified atom stereocenters. The molecule has 0 radical (unpaired) electrons. The Morgan fingerprint density at radius 1 is 1.27 bits per heavy atom. The maximum atomic E-state index is 7.57. The van der Waals surface area contributed by atoms with Gasteiger partial charge in [-0.3, -0.25) is 5.41 Å². The van der Waals surface area contributed by atoms with E-state index in [2.05, 4.69) is 11.9 Å². The largest absolute Gasteiger partial charge is 0.354 e. The van der Waals surface area contributed by atoms with E-state index >= 15 is 0 Å². The summed E-state index contributed by atoms with van der Waals surface area (Å²) in [7, 11) is 0. The van der Waals surface area contributed by atoms with Crippen LogP contribution >= 0.6 is 0 Å². The molecule has 11 heavy (non-hydrogen) atoms. The molecule has 1 aromatic carbocycles. The minimum Gasteiger partial charge on any atom is -0.354 e. The van der Waals surface area contributed by atoms with Crippen LogP contribution in [-0.4, -0.2) is 5.71 Å². The van der Waals surface area contributed by atoms with Crippen molar-refractivity contribution in [1.82, 2.24) is 0 Å². The van der Waals surface area contributed by atoms with E-state index in [1.165, 1.54) is 0 Å². The van der Waals surface area contributed by atoms with E-state index in [4.69, 9.17) is 5.41 Å². The van der Waals surface area contributed by atoms with E-state index in [0.29, 0.717) is 11.4 Å². The molecule has 2 rings (SSSR count). The molecule has 0 saturated carbocycles. The van der Waals surface area contributed by atoms with Gasteiger partial charge in [0, 0.05) is 11.3 Å². The molecule has 2 nitrogen and oxygen atoms in total. The number of allylic oxidation sites excluding steroid dienone is 1. The normalized spacial score (nSPS) is 14.5. The van der Waals surface area contributed by atoms with E-state index in [-0.39, 0.29) is 0 Å². The van der Waals surface area contributed by atoms with Gasteiger partial charge in [-0.05, 0) is 6.07 Å². The van der Waals surface area contributed by atoms with Gasteiger partial charge in [-0.25, -0.2) is 0 Å². The third-order valence-electron chi connectivity index (χ3n) is 1.78. The minimum atomic E-state index is 0.501. The van der Waals surface area contributed by atoms with Crippen molar-refractivity contribution >= 4 is 11.4 Å². The highest BCUT2D eigenvalue weighted by molar-refractivity contribution is 6.19. The van der Waals surface area contributed by atoms with Crippen LogP contribution in [0.2, 0.25) is 0 Å². The Labute approximate surface area is 65.1 Å². The van der Waals surface area contributed by atoms with Crippen LogP contribution in [-0.2, 0) is 0 Å². The van der Waals surface area contributed by atoms with Crippen LogP contribution in [0.4, 0.5) is 5.69 Å². The second kappa shape index (κ2) is 1.95. The fourth-order valence-corrected chi connectivity index (χ4v) is 1.20. The van der Waals surface area contributed by atoms with Gasteiger partial charge in [-0.2, -0.15) is 0 Å². The van der Waals surface area contributed by atoms with Gasteiger partial charge in [-0.1, -0.05) is 24.8 Å². The van der Waals surface area contributed by atoms with E-state index in [1.54, 1.807) is 0 Å². The van der Waals surface area contributed by atoms with Gasteiger partial charge < -0.3 is 5.32 Å². The zero-order chi connectivity index (χ0) is 7.84. The van der Waals surface area contributed by atoms with E-state index in [9.17, 15) is 0 Å². The van der Waals surface area contributed by atoms with Gasteiger partial charge in [0.1, 0.15) is 0 Å². The number of anilines is 1. The lowest BCUT2D eigenvalue weighted by Gasteiger charge is -1.93. The number of rotatable bonds is 0. The van der Waals surface area contributed by atoms with Crippen LogP contribution in [0.5, 0.6) is 0 Å².